The van der Waals surface area contributed by atoms with Crippen LogP contribution in [0.2, 0.25) is 0 Å². The van der Waals surface area contributed by atoms with Crippen LogP contribution in [0, 0.1) is 0 Å². The SMILES string of the molecule is CC(C)n1ncc2cc(CCN)c(=O)[nH]c21. The van der Waals surface area contributed by atoms with Gasteiger partial charge in [-0.2, -0.15) is 5.10 Å². The number of H-pyrrole nitrogens is 1. The summed E-state index contributed by atoms with van der Waals surface area (Å²) in [6.07, 6.45) is 2.36. The third-order valence-corrected chi connectivity index (χ3v) is 2.58. The van der Waals surface area contributed by atoms with E-state index in [-0.39, 0.29) is 11.6 Å². The van der Waals surface area contributed by atoms with E-state index < -0.39 is 0 Å². The number of fused-ring (bicyclic) bond motifs is 1. The van der Waals surface area contributed by atoms with Crippen LogP contribution in [0.5, 0.6) is 0 Å². The van der Waals surface area contributed by atoms with Crippen molar-refractivity contribution in [2.24, 2.45) is 5.73 Å². The molecule has 0 aromatic carbocycles. The summed E-state index contributed by atoms with van der Waals surface area (Å²) in [6, 6.07) is 2.10. The highest BCUT2D eigenvalue weighted by Gasteiger charge is 2.09. The highest BCUT2D eigenvalue weighted by molar-refractivity contribution is 5.75. The molecule has 0 saturated heterocycles. The van der Waals surface area contributed by atoms with Crippen LogP contribution < -0.4 is 11.3 Å². The number of hydrogen-bond donors (Lipinski definition) is 2. The number of rotatable bonds is 3. The molecule has 0 aliphatic rings. The zero-order valence-electron chi connectivity index (χ0n) is 9.53. The largest absolute Gasteiger partial charge is 0.330 e. The van der Waals surface area contributed by atoms with Crippen molar-refractivity contribution < 1.29 is 0 Å². The normalized spacial score (nSPS) is 11.5. The van der Waals surface area contributed by atoms with Crippen molar-refractivity contribution in [2.75, 3.05) is 6.54 Å². The van der Waals surface area contributed by atoms with E-state index >= 15 is 0 Å². The van der Waals surface area contributed by atoms with Crippen LogP contribution in [0.3, 0.4) is 0 Å². The maximum absolute atomic E-state index is 11.7. The van der Waals surface area contributed by atoms with Gasteiger partial charge < -0.3 is 10.7 Å². The van der Waals surface area contributed by atoms with Crippen LogP contribution in [0.1, 0.15) is 25.5 Å². The first-order valence-electron chi connectivity index (χ1n) is 5.43. The molecular formula is C11H16N4O. The number of aromatic amines is 1. The standard InChI is InChI=1S/C11H16N4O/c1-7(2)15-10-9(6-13-15)5-8(3-4-12)11(16)14-10/h5-7H,3-4,12H2,1-2H3,(H,14,16). The van der Waals surface area contributed by atoms with Crippen molar-refractivity contribution in [2.45, 2.75) is 26.3 Å². The molecule has 0 radical (unpaired) electrons. The van der Waals surface area contributed by atoms with Gasteiger partial charge in [0.1, 0.15) is 5.65 Å². The molecule has 86 valence electrons. The smallest absolute Gasteiger partial charge is 0.252 e. The summed E-state index contributed by atoms with van der Waals surface area (Å²) < 4.78 is 1.81. The van der Waals surface area contributed by atoms with Crippen molar-refractivity contribution >= 4 is 11.0 Å². The van der Waals surface area contributed by atoms with Crippen LogP contribution >= 0.6 is 0 Å². The fourth-order valence-electron chi connectivity index (χ4n) is 1.78. The van der Waals surface area contributed by atoms with E-state index in [1.165, 1.54) is 0 Å². The summed E-state index contributed by atoms with van der Waals surface area (Å²) >= 11 is 0. The Morgan fingerprint density at radius 3 is 2.94 bits per heavy atom. The molecule has 0 bridgehead atoms. The van der Waals surface area contributed by atoms with Gasteiger partial charge in [-0.3, -0.25) is 4.79 Å². The summed E-state index contributed by atoms with van der Waals surface area (Å²) in [5.41, 5.74) is 6.88. The Bertz CT molecular complexity index is 553. The lowest BCUT2D eigenvalue weighted by molar-refractivity contribution is 0.546. The number of nitrogens with two attached hydrogens (primary N) is 1. The Kier molecular flexibility index (Phi) is 2.78. The first-order chi connectivity index (χ1) is 7.63. The fraction of sp³-hybridized carbons (Fsp3) is 0.455. The minimum atomic E-state index is -0.0691. The molecule has 5 heteroatoms. The number of pyridine rings is 1. The van der Waals surface area contributed by atoms with Crippen LogP contribution in [0.4, 0.5) is 0 Å². The Morgan fingerprint density at radius 2 is 2.31 bits per heavy atom. The van der Waals surface area contributed by atoms with Crippen LogP contribution in [0.15, 0.2) is 17.1 Å². The first kappa shape index (κ1) is 10.9. The Balaban J connectivity index is 2.62. The third kappa shape index (κ3) is 1.74. The van der Waals surface area contributed by atoms with Gasteiger partial charge in [0.2, 0.25) is 0 Å². The lowest BCUT2D eigenvalue weighted by atomic mass is 10.2. The lowest BCUT2D eigenvalue weighted by Crippen LogP contribution is -2.17. The minimum Gasteiger partial charge on any atom is -0.330 e. The topological polar surface area (TPSA) is 76.7 Å². The molecule has 2 heterocycles. The Hall–Kier alpha value is -1.62. The molecule has 0 unspecified atom stereocenters. The molecule has 2 aromatic rings. The maximum atomic E-state index is 11.7. The summed E-state index contributed by atoms with van der Waals surface area (Å²) in [6.45, 7) is 4.53. The second-order valence-corrected chi connectivity index (χ2v) is 4.15. The second kappa shape index (κ2) is 4.09. The zero-order chi connectivity index (χ0) is 11.7. The summed E-state index contributed by atoms with van der Waals surface area (Å²) in [5, 5.41) is 5.21. The molecule has 0 aliphatic carbocycles. The second-order valence-electron chi connectivity index (χ2n) is 4.15. The number of nitrogens with zero attached hydrogens (tertiary/aromatic N) is 2. The van der Waals surface area contributed by atoms with E-state index in [1.807, 2.05) is 24.6 Å². The highest BCUT2D eigenvalue weighted by Crippen LogP contribution is 2.14. The van der Waals surface area contributed by atoms with E-state index in [2.05, 4.69) is 10.1 Å². The summed E-state index contributed by atoms with van der Waals surface area (Å²) in [5.74, 6) is 0. The molecule has 0 spiro atoms. The zero-order valence-corrected chi connectivity index (χ0v) is 9.53. The molecule has 0 fully saturated rings. The molecular weight excluding hydrogens is 204 g/mol. The van der Waals surface area contributed by atoms with Crippen molar-refractivity contribution in [3.8, 4) is 0 Å². The molecule has 2 rings (SSSR count). The van der Waals surface area contributed by atoms with Crippen molar-refractivity contribution in [3.63, 3.8) is 0 Å². The third-order valence-electron chi connectivity index (χ3n) is 2.58. The predicted octanol–water partition coefficient (Wildman–Crippen LogP) is 0.807. The predicted molar refractivity (Wildman–Crippen MR) is 63.5 cm³/mol. The van der Waals surface area contributed by atoms with Gasteiger partial charge in [-0.25, -0.2) is 4.68 Å². The number of nitrogens with one attached hydrogen (secondary N) is 1. The fourth-order valence-corrected chi connectivity index (χ4v) is 1.78. The van der Waals surface area contributed by atoms with E-state index in [1.54, 1.807) is 6.20 Å². The molecule has 0 aliphatic heterocycles. The van der Waals surface area contributed by atoms with Crippen LogP contribution in [-0.2, 0) is 6.42 Å². The quantitative estimate of drug-likeness (QED) is 0.803. The molecule has 5 nitrogen and oxygen atoms in total. The molecule has 0 amide bonds. The highest BCUT2D eigenvalue weighted by atomic mass is 16.1. The minimum absolute atomic E-state index is 0.0691. The van der Waals surface area contributed by atoms with Gasteiger partial charge in [-0.05, 0) is 32.9 Å². The molecule has 16 heavy (non-hydrogen) atoms. The molecule has 2 aromatic heterocycles. The number of aromatic nitrogens is 3. The van der Waals surface area contributed by atoms with E-state index in [9.17, 15) is 4.79 Å². The van der Waals surface area contributed by atoms with Gasteiger partial charge in [0.25, 0.3) is 5.56 Å². The van der Waals surface area contributed by atoms with E-state index in [0.717, 1.165) is 16.6 Å². The first-order valence-corrected chi connectivity index (χ1v) is 5.43. The lowest BCUT2D eigenvalue weighted by Gasteiger charge is -2.06. The maximum Gasteiger partial charge on any atom is 0.252 e. The Labute approximate surface area is 93.3 Å². The molecule has 0 saturated carbocycles. The van der Waals surface area contributed by atoms with Crippen molar-refractivity contribution in [3.05, 3.63) is 28.2 Å². The summed E-state index contributed by atoms with van der Waals surface area (Å²) in [4.78, 5) is 14.6. The summed E-state index contributed by atoms with van der Waals surface area (Å²) in [7, 11) is 0. The van der Waals surface area contributed by atoms with Gasteiger partial charge in [0.05, 0.1) is 6.20 Å². The van der Waals surface area contributed by atoms with Crippen molar-refractivity contribution in [1.29, 1.82) is 0 Å². The molecule has 0 atom stereocenters. The van der Waals surface area contributed by atoms with Crippen LogP contribution in [0.25, 0.3) is 11.0 Å². The van der Waals surface area contributed by atoms with Gasteiger partial charge in [-0.15, -0.1) is 0 Å². The average molecular weight is 220 g/mol. The van der Waals surface area contributed by atoms with Gasteiger partial charge >= 0.3 is 0 Å². The Morgan fingerprint density at radius 1 is 1.56 bits per heavy atom. The van der Waals surface area contributed by atoms with Crippen molar-refractivity contribution in [1.82, 2.24) is 14.8 Å². The van der Waals surface area contributed by atoms with Crippen LogP contribution in [-0.4, -0.2) is 21.3 Å². The molecule has 3 N–H and O–H groups in total. The average Bonchev–Trinajstić information content (AvgIpc) is 2.61. The number of hydrogen-bond acceptors (Lipinski definition) is 3. The van der Waals surface area contributed by atoms with Gasteiger partial charge in [-0.1, -0.05) is 0 Å². The van der Waals surface area contributed by atoms with Gasteiger partial charge in [0.15, 0.2) is 0 Å². The van der Waals surface area contributed by atoms with E-state index in [0.29, 0.717) is 13.0 Å². The van der Waals surface area contributed by atoms with E-state index in [4.69, 9.17) is 5.73 Å². The van der Waals surface area contributed by atoms with Gasteiger partial charge in [0, 0.05) is 17.0 Å². The monoisotopic (exact) mass is 220 g/mol.